The first-order valence-electron chi connectivity index (χ1n) is 3.68. The summed E-state index contributed by atoms with van der Waals surface area (Å²) in [5.74, 6) is 1.05. The Morgan fingerprint density at radius 1 is 1.18 bits per heavy atom. The van der Waals surface area contributed by atoms with Crippen LogP contribution < -0.4 is 0 Å². The van der Waals surface area contributed by atoms with Crippen molar-refractivity contribution in [2.24, 2.45) is 5.92 Å². The Balaban J connectivity index is 0.000000187. The van der Waals surface area contributed by atoms with Crippen LogP contribution in [0.5, 0.6) is 0 Å². The highest BCUT2D eigenvalue weighted by atomic mass is 19.4. The molecule has 0 radical (unpaired) electrons. The number of alkyl halides is 3. The van der Waals surface area contributed by atoms with Crippen molar-refractivity contribution in [2.75, 3.05) is 0 Å². The molecule has 0 aromatic heterocycles. The average molecular weight is 170 g/mol. The first-order valence-corrected chi connectivity index (χ1v) is 3.68. The number of halogens is 3. The van der Waals surface area contributed by atoms with Gasteiger partial charge in [-0.3, -0.25) is 0 Å². The lowest BCUT2D eigenvalue weighted by Crippen LogP contribution is -2.01. The standard InChI is InChI=1S/C6H12.CHF3O/c1-6-4-2-3-5-6;2-1(3,4)5/h6H,2-5H2,1H3;5H. The van der Waals surface area contributed by atoms with Crippen LogP contribution in [0, 0.1) is 5.92 Å². The maximum atomic E-state index is 9.91. The van der Waals surface area contributed by atoms with Gasteiger partial charge < -0.3 is 5.11 Å². The van der Waals surface area contributed by atoms with Crippen molar-refractivity contribution in [2.45, 2.75) is 39.0 Å². The summed E-state index contributed by atoms with van der Waals surface area (Å²) in [4.78, 5) is 0. The zero-order chi connectivity index (χ0) is 8.91. The summed E-state index contributed by atoms with van der Waals surface area (Å²) >= 11 is 0. The van der Waals surface area contributed by atoms with Gasteiger partial charge in [0.15, 0.2) is 0 Å². The van der Waals surface area contributed by atoms with E-state index in [-0.39, 0.29) is 0 Å². The van der Waals surface area contributed by atoms with Gasteiger partial charge in [-0.05, 0) is 5.92 Å². The van der Waals surface area contributed by atoms with E-state index in [9.17, 15) is 13.2 Å². The molecule has 1 saturated carbocycles. The summed E-state index contributed by atoms with van der Waals surface area (Å²) in [6.45, 7) is 2.34. The molecule has 4 heteroatoms. The second kappa shape index (κ2) is 4.59. The molecule has 0 heterocycles. The Bertz CT molecular complexity index is 88.3. The minimum atomic E-state index is -5.00. The van der Waals surface area contributed by atoms with E-state index in [1.54, 1.807) is 0 Å². The van der Waals surface area contributed by atoms with Crippen molar-refractivity contribution in [1.82, 2.24) is 0 Å². The summed E-state index contributed by atoms with van der Waals surface area (Å²) < 4.78 is 29.7. The normalized spacial score (nSPS) is 19.4. The molecule has 0 saturated heterocycles. The summed E-state index contributed by atoms with van der Waals surface area (Å²) in [6, 6.07) is 0. The van der Waals surface area contributed by atoms with E-state index in [4.69, 9.17) is 5.11 Å². The van der Waals surface area contributed by atoms with Crippen molar-refractivity contribution < 1.29 is 18.3 Å². The van der Waals surface area contributed by atoms with Crippen LogP contribution >= 0.6 is 0 Å². The van der Waals surface area contributed by atoms with Crippen LogP contribution in [-0.4, -0.2) is 11.5 Å². The van der Waals surface area contributed by atoms with Crippen molar-refractivity contribution in [3.8, 4) is 0 Å². The van der Waals surface area contributed by atoms with Gasteiger partial charge in [-0.1, -0.05) is 32.6 Å². The van der Waals surface area contributed by atoms with Crippen molar-refractivity contribution in [3.05, 3.63) is 0 Å². The van der Waals surface area contributed by atoms with Gasteiger partial charge in [0.1, 0.15) is 0 Å². The lowest BCUT2D eigenvalue weighted by molar-refractivity contribution is -0.295. The molecule has 0 bridgehead atoms. The molecule has 0 atom stereocenters. The zero-order valence-corrected chi connectivity index (χ0v) is 6.49. The Morgan fingerprint density at radius 2 is 1.45 bits per heavy atom. The molecule has 0 amide bonds. The highest BCUT2D eigenvalue weighted by Crippen LogP contribution is 2.22. The van der Waals surface area contributed by atoms with E-state index in [0.29, 0.717) is 0 Å². The molecule has 0 aliphatic heterocycles. The molecular formula is C7H13F3O. The third-order valence-electron chi connectivity index (χ3n) is 1.64. The first-order chi connectivity index (χ1) is 4.89. The third-order valence-corrected chi connectivity index (χ3v) is 1.64. The van der Waals surface area contributed by atoms with E-state index < -0.39 is 6.36 Å². The SMILES string of the molecule is CC1CCCC1.OC(F)(F)F. The fourth-order valence-corrected chi connectivity index (χ4v) is 1.13. The molecule has 0 unspecified atom stereocenters. The second-order valence-corrected chi connectivity index (χ2v) is 2.86. The molecule has 1 nitrogen and oxygen atoms in total. The highest BCUT2D eigenvalue weighted by molar-refractivity contribution is 4.60. The highest BCUT2D eigenvalue weighted by Gasteiger charge is 2.20. The molecule has 11 heavy (non-hydrogen) atoms. The summed E-state index contributed by atoms with van der Waals surface area (Å²) in [6.07, 6.45) is 0.947. The number of hydrogen-bond donors (Lipinski definition) is 1. The quantitative estimate of drug-likeness (QED) is 0.592. The Hall–Kier alpha value is -0.250. The van der Waals surface area contributed by atoms with Crippen molar-refractivity contribution in [1.29, 1.82) is 0 Å². The van der Waals surface area contributed by atoms with Gasteiger partial charge in [0.2, 0.25) is 0 Å². The van der Waals surface area contributed by atoms with E-state index in [0.717, 1.165) is 5.92 Å². The van der Waals surface area contributed by atoms with E-state index >= 15 is 0 Å². The summed E-state index contributed by atoms with van der Waals surface area (Å²) in [5.41, 5.74) is 0. The van der Waals surface area contributed by atoms with Gasteiger partial charge >= 0.3 is 6.36 Å². The predicted molar refractivity (Wildman–Crippen MR) is 35.9 cm³/mol. The Kier molecular flexibility index (Phi) is 4.49. The van der Waals surface area contributed by atoms with Gasteiger partial charge in [0.25, 0.3) is 0 Å². The predicted octanol–water partition coefficient (Wildman–Crippen LogP) is 2.70. The number of aliphatic hydroxyl groups is 1. The van der Waals surface area contributed by atoms with Crippen molar-refractivity contribution in [3.63, 3.8) is 0 Å². The summed E-state index contributed by atoms with van der Waals surface area (Å²) in [5, 5.41) is 6.52. The maximum absolute atomic E-state index is 9.91. The fourth-order valence-electron chi connectivity index (χ4n) is 1.13. The largest absolute Gasteiger partial charge is 0.519 e. The smallest absolute Gasteiger partial charge is 0.308 e. The van der Waals surface area contributed by atoms with Gasteiger partial charge in [-0.2, -0.15) is 0 Å². The molecule has 0 spiro atoms. The third kappa shape index (κ3) is 12.9. The van der Waals surface area contributed by atoms with Crippen LogP contribution in [0.2, 0.25) is 0 Å². The summed E-state index contributed by atoms with van der Waals surface area (Å²) in [7, 11) is 0. The van der Waals surface area contributed by atoms with Gasteiger partial charge in [0, 0.05) is 0 Å². The van der Waals surface area contributed by atoms with Crippen LogP contribution in [0.4, 0.5) is 13.2 Å². The van der Waals surface area contributed by atoms with E-state index in [1.165, 1.54) is 25.7 Å². The molecule has 1 aliphatic rings. The number of hydrogen-bond acceptors (Lipinski definition) is 1. The molecule has 0 aromatic carbocycles. The monoisotopic (exact) mass is 170 g/mol. The molecule has 0 aromatic rings. The average Bonchev–Trinajstić information content (AvgIpc) is 2.12. The lowest BCUT2D eigenvalue weighted by Gasteiger charge is -1.91. The van der Waals surface area contributed by atoms with Gasteiger partial charge in [0.05, 0.1) is 0 Å². The first kappa shape index (κ1) is 10.8. The number of rotatable bonds is 0. The van der Waals surface area contributed by atoms with Crippen LogP contribution in [0.15, 0.2) is 0 Å². The Morgan fingerprint density at radius 3 is 1.55 bits per heavy atom. The molecule has 1 N–H and O–H groups in total. The molecule has 1 fully saturated rings. The van der Waals surface area contributed by atoms with E-state index in [2.05, 4.69) is 6.92 Å². The minimum Gasteiger partial charge on any atom is -0.308 e. The second-order valence-electron chi connectivity index (χ2n) is 2.86. The van der Waals surface area contributed by atoms with Crippen LogP contribution in [-0.2, 0) is 0 Å². The minimum absolute atomic E-state index is 1.05. The van der Waals surface area contributed by atoms with Gasteiger partial charge in [-0.25, -0.2) is 0 Å². The van der Waals surface area contributed by atoms with Crippen LogP contribution in [0.25, 0.3) is 0 Å². The molecule has 1 aliphatic carbocycles. The Labute approximate surface area is 64.2 Å². The van der Waals surface area contributed by atoms with Gasteiger partial charge in [-0.15, -0.1) is 13.2 Å². The molecular weight excluding hydrogens is 157 g/mol. The van der Waals surface area contributed by atoms with Crippen LogP contribution in [0.3, 0.4) is 0 Å². The van der Waals surface area contributed by atoms with E-state index in [1.807, 2.05) is 0 Å². The zero-order valence-electron chi connectivity index (χ0n) is 6.49. The molecule has 1 rings (SSSR count). The fraction of sp³-hybridized carbons (Fsp3) is 1.00. The lowest BCUT2D eigenvalue weighted by atomic mass is 10.2. The topological polar surface area (TPSA) is 20.2 Å². The van der Waals surface area contributed by atoms with Crippen molar-refractivity contribution >= 4 is 0 Å². The maximum Gasteiger partial charge on any atom is 0.519 e. The van der Waals surface area contributed by atoms with Crippen LogP contribution in [0.1, 0.15) is 32.6 Å². The molecule has 68 valence electrons.